The van der Waals surface area contributed by atoms with Crippen molar-refractivity contribution >= 4 is 15.9 Å². The molecule has 0 bridgehead atoms. The summed E-state index contributed by atoms with van der Waals surface area (Å²) in [6, 6.07) is 6.94. The van der Waals surface area contributed by atoms with Crippen LogP contribution in [0.3, 0.4) is 0 Å². The lowest BCUT2D eigenvalue weighted by Gasteiger charge is -2.15. The van der Waals surface area contributed by atoms with E-state index in [4.69, 9.17) is 0 Å². The number of rotatable bonds is 6. The van der Waals surface area contributed by atoms with Gasteiger partial charge in [0.25, 0.3) is 5.91 Å². The van der Waals surface area contributed by atoms with E-state index in [9.17, 15) is 13.2 Å². The van der Waals surface area contributed by atoms with Gasteiger partial charge >= 0.3 is 0 Å². The maximum Gasteiger partial charge on any atom is 0.251 e. The van der Waals surface area contributed by atoms with Gasteiger partial charge in [-0.1, -0.05) is 19.1 Å². The zero-order chi connectivity index (χ0) is 16.2. The van der Waals surface area contributed by atoms with Crippen molar-refractivity contribution in [2.24, 2.45) is 0 Å². The second-order valence-electron chi connectivity index (χ2n) is 5.84. The standard InChI is InChI=1S/C16H24N2O3S/c1-3-13(2)17-16(19)15-8-6-14(7-9-15)12-22(20,21)18-10-4-5-11-18/h6-9,13H,3-5,10-12H2,1-2H3,(H,17,19)/t13-/m0/s1. The SMILES string of the molecule is CC[C@H](C)NC(=O)c1ccc(CS(=O)(=O)N2CCCC2)cc1. The fourth-order valence-electron chi connectivity index (χ4n) is 2.43. The van der Waals surface area contributed by atoms with Crippen LogP contribution >= 0.6 is 0 Å². The summed E-state index contributed by atoms with van der Waals surface area (Å²) >= 11 is 0. The number of carbonyl (C=O) groups is 1. The fraction of sp³-hybridized carbons (Fsp3) is 0.562. The Kier molecular flexibility index (Phi) is 5.58. The predicted molar refractivity (Wildman–Crippen MR) is 87.1 cm³/mol. The number of nitrogens with one attached hydrogen (secondary N) is 1. The van der Waals surface area contributed by atoms with Crippen LogP contribution in [0.4, 0.5) is 0 Å². The largest absolute Gasteiger partial charge is 0.350 e. The van der Waals surface area contributed by atoms with Gasteiger partial charge in [-0.3, -0.25) is 4.79 Å². The second-order valence-corrected chi connectivity index (χ2v) is 7.81. The molecule has 1 fully saturated rings. The van der Waals surface area contributed by atoms with E-state index in [1.165, 1.54) is 0 Å². The Morgan fingerprint density at radius 1 is 1.23 bits per heavy atom. The Morgan fingerprint density at radius 2 is 1.82 bits per heavy atom. The van der Waals surface area contributed by atoms with E-state index < -0.39 is 10.0 Å². The highest BCUT2D eigenvalue weighted by Gasteiger charge is 2.25. The van der Waals surface area contributed by atoms with Crippen molar-refractivity contribution in [3.8, 4) is 0 Å². The molecule has 1 aromatic carbocycles. The van der Waals surface area contributed by atoms with E-state index in [1.807, 2.05) is 13.8 Å². The molecule has 0 aliphatic carbocycles. The molecule has 1 aromatic rings. The fourth-order valence-corrected chi connectivity index (χ4v) is 4.04. The summed E-state index contributed by atoms with van der Waals surface area (Å²) in [4.78, 5) is 12.0. The molecule has 0 aromatic heterocycles. The summed E-state index contributed by atoms with van der Waals surface area (Å²) in [5, 5.41) is 2.89. The molecule has 2 rings (SSSR count). The van der Waals surface area contributed by atoms with Gasteiger partial charge in [-0.25, -0.2) is 12.7 Å². The second kappa shape index (κ2) is 7.24. The topological polar surface area (TPSA) is 66.5 Å². The van der Waals surface area contributed by atoms with Gasteiger partial charge < -0.3 is 5.32 Å². The normalized spacial score (nSPS) is 17.4. The number of nitrogens with zero attached hydrogens (tertiary/aromatic N) is 1. The van der Waals surface area contributed by atoms with Crippen molar-refractivity contribution in [1.82, 2.24) is 9.62 Å². The molecule has 1 heterocycles. The van der Waals surface area contributed by atoms with E-state index in [0.29, 0.717) is 24.2 Å². The van der Waals surface area contributed by atoms with Gasteiger partial charge in [-0.15, -0.1) is 0 Å². The first kappa shape index (κ1) is 17.0. The van der Waals surface area contributed by atoms with Gasteiger partial charge in [0.05, 0.1) is 5.75 Å². The molecule has 22 heavy (non-hydrogen) atoms. The Bertz CT molecular complexity index is 605. The Balaban J connectivity index is 2.01. The summed E-state index contributed by atoms with van der Waals surface area (Å²) in [5.41, 5.74) is 1.27. The highest BCUT2D eigenvalue weighted by atomic mass is 32.2. The number of carbonyl (C=O) groups excluding carboxylic acids is 1. The van der Waals surface area contributed by atoms with Gasteiger partial charge in [0.15, 0.2) is 0 Å². The molecule has 1 amide bonds. The quantitative estimate of drug-likeness (QED) is 0.872. The summed E-state index contributed by atoms with van der Waals surface area (Å²) in [6.07, 6.45) is 2.75. The molecule has 122 valence electrons. The number of amides is 1. The average Bonchev–Trinajstić information content (AvgIpc) is 3.02. The summed E-state index contributed by atoms with van der Waals surface area (Å²) in [7, 11) is -3.24. The molecule has 1 aliphatic rings. The predicted octanol–water partition coefficient (Wildman–Crippen LogP) is 2.14. The third kappa shape index (κ3) is 4.30. The van der Waals surface area contributed by atoms with Crippen molar-refractivity contribution < 1.29 is 13.2 Å². The minimum Gasteiger partial charge on any atom is -0.350 e. The van der Waals surface area contributed by atoms with E-state index in [-0.39, 0.29) is 17.7 Å². The molecule has 6 heteroatoms. The molecule has 0 unspecified atom stereocenters. The van der Waals surface area contributed by atoms with Crippen LogP contribution in [0.25, 0.3) is 0 Å². The van der Waals surface area contributed by atoms with E-state index in [2.05, 4.69) is 5.32 Å². The molecule has 1 N–H and O–H groups in total. The van der Waals surface area contributed by atoms with Crippen LogP contribution < -0.4 is 5.32 Å². The molecule has 1 atom stereocenters. The van der Waals surface area contributed by atoms with Crippen molar-refractivity contribution in [2.75, 3.05) is 13.1 Å². The van der Waals surface area contributed by atoms with Gasteiger partial charge in [0.2, 0.25) is 10.0 Å². The molecular weight excluding hydrogens is 300 g/mol. The van der Waals surface area contributed by atoms with Crippen LogP contribution in [0.1, 0.15) is 49.0 Å². The molecule has 5 nitrogen and oxygen atoms in total. The first-order chi connectivity index (χ1) is 10.4. The molecule has 0 spiro atoms. The summed E-state index contributed by atoms with van der Waals surface area (Å²) in [6.45, 7) is 5.21. The monoisotopic (exact) mass is 324 g/mol. The molecular formula is C16H24N2O3S. The van der Waals surface area contributed by atoms with E-state index >= 15 is 0 Å². The van der Waals surface area contributed by atoms with Crippen molar-refractivity contribution in [1.29, 1.82) is 0 Å². The van der Waals surface area contributed by atoms with Crippen LogP contribution in [0, 0.1) is 0 Å². The van der Waals surface area contributed by atoms with Crippen LogP contribution in [0.2, 0.25) is 0 Å². The van der Waals surface area contributed by atoms with E-state index in [0.717, 1.165) is 19.3 Å². The molecule has 0 saturated carbocycles. The van der Waals surface area contributed by atoms with Crippen molar-refractivity contribution in [2.45, 2.75) is 44.9 Å². The lowest BCUT2D eigenvalue weighted by atomic mass is 10.1. The van der Waals surface area contributed by atoms with Crippen molar-refractivity contribution in [3.05, 3.63) is 35.4 Å². The molecule has 0 radical (unpaired) electrons. The van der Waals surface area contributed by atoms with Crippen LogP contribution in [0.5, 0.6) is 0 Å². The summed E-state index contributed by atoms with van der Waals surface area (Å²) < 4.78 is 26.1. The average molecular weight is 324 g/mol. The van der Waals surface area contributed by atoms with Gasteiger partial charge in [-0.2, -0.15) is 0 Å². The van der Waals surface area contributed by atoms with Gasteiger partial charge in [0, 0.05) is 24.7 Å². The minimum absolute atomic E-state index is 0.000260. The Labute approximate surface area is 132 Å². The third-order valence-corrected chi connectivity index (χ3v) is 5.86. The number of hydrogen-bond donors (Lipinski definition) is 1. The third-order valence-electron chi connectivity index (χ3n) is 4.01. The van der Waals surface area contributed by atoms with Gasteiger partial charge in [-0.05, 0) is 43.9 Å². The maximum atomic E-state index is 12.3. The molecule has 1 aliphatic heterocycles. The number of benzene rings is 1. The maximum absolute atomic E-state index is 12.3. The first-order valence-corrected chi connectivity index (χ1v) is 9.41. The molecule has 1 saturated heterocycles. The zero-order valence-electron chi connectivity index (χ0n) is 13.2. The Morgan fingerprint density at radius 3 is 2.36 bits per heavy atom. The van der Waals surface area contributed by atoms with Crippen LogP contribution in [0.15, 0.2) is 24.3 Å². The van der Waals surface area contributed by atoms with Crippen molar-refractivity contribution in [3.63, 3.8) is 0 Å². The lowest BCUT2D eigenvalue weighted by Crippen LogP contribution is -2.32. The Hall–Kier alpha value is -1.40. The highest BCUT2D eigenvalue weighted by molar-refractivity contribution is 7.88. The number of hydrogen-bond acceptors (Lipinski definition) is 3. The van der Waals surface area contributed by atoms with Gasteiger partial charge in [0.1, 0.15) is 0 Å². The van der Waals surface area contributed by atoms with Crippen LogP contribution in [-0.4, -0.2) is 37.8 Å². The van der Waals surface area contributed by atoms with Crippen LogP contribution in [-0.2, 0) is 15.8 Å². The number of sulfonamides is 1. The highest BCUT2D eigenvalue weighted by Crippen LogP contribution is 2.17. The summed E-state index contributed by atoms with van der Waals surface area (Å²) in [5.74, 6) is -0.122. The van der Waals surface area contributed by atoms with E-state index in [1.54, 1.807) is 28.6 Å². The smallest absolute Gasteiger partial charge is 0.251 e. The lowest BCUT2D eigenvalue weighted by molar-refractivity contribution is 0.0939. The first-order valence-electron chi connectivity index (χ1n) is 7.80. The minimum atomic E-state index is -3.24. The zero-order valence-corrected chi connectivity index (χ0v) is 14.0.